The van der Waals surface area contributed by atoms with Crippen LogP contribution in [-0.2, 0) is 4.79 Å². The molecule has 0 aliphatic carbocycles. The Morgan fingerprint density at radius 1 is 1.53 bits per heavy atom. The molecule has 1 aromatic carbocycles. The van der Waals surface area contributed by atoms with E-state index in [4.69, 9.17) is 22.4 Å². The molecule has 1 unspecified atom stereocenters. The Bertz CT molecular complexity index is 438. The largest absolute Gasteiger partial charge is 0.480 e. The molecule has 1 atom stereocenters. The molecule has 1 heterocycles. The van der Waals surface area contributed by atoms with Crippen LogP contribution < -0.4 is 10.6 Å². The van der Waals surface area contributed by atoms with Crippen LogP contribution in [0.5, 0.6) is 0 Å². The first-order valence-electron chi connectivity index (χ1n) is 5.54. The zero-order chi connectivity index (χ0) is 12.5. The fourth-order valence-corrected chi connectivity index (χ4v) is 2.34. The third-order valence-corrected chi connectivity index (χ3v) is 3.36. The van der Waals surface area contributed by atoms with Gasteiger partial charge < -0.3 is 15.7 Å². The van der Waals surface area contributed by atoms with Gasteiger partial charge in [0.1, 0.15) is 5.54 Å². The van der Waals surface area contributed by atoms with E-state index in [2.05, 4.69) is 0 Å². The Hall–Kier alpha value is -1.26. The highest BCUT2D eigenvalue weighted by molar-refractivity contribution is 6.30. The number of anilines is 1. The van der Waals surface area contributed by atoms with Crippen LogP contribution in [0.25, 0.3) is 0 Å². The summed E-state index contributed by atoms with van der Waals surface area (Å²) in [4.78, 5) is 13.1. The van der Waals surface area contributed by atoms with Crippen molar-refractivity contribution in [1.82, 2.24) is 0 Å². The number of aliphatic carboxylic acids is 1. The van der Waals surface area contributed by atoms with Gasteiger partial charge in [-0.3, -0.25) is 4.79 Å². The second-order valence-electron chi connectivity index (χ2n) is 4.47. The SMILES string of the molecule is NC1(C(=O)O)CCCN(c2cccc(Cl)c2)C1. The summed E-state index contributed by atoms with van der Waals surface area (Å²) in [5.41, 5.74) is 5.67. The Kier molecular flexibility index (Phi) is 3.26. The van der Waals surface area contributed by atoms with Gasteiger partial charge in [0.15, 0.2) is 0 Å². The summed E-state index contributed by atoms with van der Waals surface area (Å²) in [6.07, 6.45) is 1.29. The van der Waals surface area contributed by atoms with Crippen molar-refractivity contribution in [2.24, 2.45) is 5.73 Å². The standard InChI is InChI=1S/C12H15ClN2O2/c13-9-3-1-4-10(7-9)15-6-2-5-12(14,8-15)11(16)17/h1,3-4,7H,2,5-6,8,14H2,(H,16,17). The summed E-state index contributed by atoms with van der Waals surface area (Å²) in [6, 6.07) is 7.39. The van der Waals surface area contributed by atoms with Crippen LogP contribution in [0, 0.1) is 0 Å². The number of piperidine rings is 1. The Morgan fingerprint density at radius 3 is 2.94 bits per heavy atom. The van der Waals surface area contributed by atoms with E-state index in [1.807, 2.05) is 23.1 Å². The molecule has 1 fully saturated rings. The Labute approximate surface area is 105 Å². The highest BCUT2D eigenvalue weighted by atomic mass is 35.5. The molecule has 1 aliphatic rings. The second-order valence-corrected chi connectivity index (χ2v) is 4.90. The number of benzene rings is 1. The van der Waals surface area contributed by atoms with Crippen molar-refractivity contribution < 1.29 is 9.90 Å². The van der Waals surface area contributed by atoms with Crippen molar-refractivity contribution >= 4 is 23.3 Å². The van der Waals surface area contributed by atoms with Crippen LogP contribution in [0.4, 0.5) is 5.69 Å². The number of halogens is 1. The van der Waals surface area contributed by atoms with Crippen molar-refractivity contribution in [3.8, 4) is 0 Å². The normalized spacial score (nSPS) is 24.7. The van der Waals surface area contributed by atoms with Gasteiger partial charge in [-0.05, 0) is 31.0 Å². The smallest absolute Gasteiger partial charge is 0.325 e. The van der Waals surface area contributed by atoms with Gasteiger partial charge in [0.25, 0.3) is 0 Å². The summed E-state index contributed by atoms with van der Waals surface area (Å²) < 4.78 is 0. The van der Waals surface area contributed by atoms with Crippen molar-refractivity contribution in [3.63, 3.8) is 0 Å². The van der Waals surface area contributed by atoms with E-state index in [1.54, 1.807) is 6.07 Å². The predicted molar refractivity (Wildman–Crippen MR) is 67.5 cm³/mol. The van der Waals surface area contributed by atoms with E-state index in [1.165, 1.54) is 0 Å². The number of carboxylic acids is 1. The van der Waals surface area contributed by atoms with E-state index in [-0.39, 0.29) is 0 Å². The van der Waals surface area contributed by atoms with Gasteiger partial charge in [0.05, 0.1) is 0 Å². The van der Waals surface area contributed by atoms with Gasteiger partial charge in [-0.1, -0.05) is 17.7 Å². The molecule has 0 radical (unpaired) electrons. The maximum absolute atomic E-state index is 11.1. The van der Waals surface area contributed by atoms with Crippen molar-refractivity contribution in [1.29, 1.82) is 0 Å². The molecule has 0 bridgehead atoms. The second kappa shape index (κ2) is 4.55. The zero-order valence-electron chi connectivity index (χ0n) is 9.40. The molecule has 1 aromatic rings. The van der Waals surface area contributed by atoms with E-state index in [9.17, 15) is 4.79 Å². The number of rotatable bonds is 2. The first kappa shape index (κ1) is 12.2. The summed E-state index contributed by atoms with van der Waals surface area (Å²) >= 11 is 5.92. The van der Waals surface area contributed by atoms with Crippen LogP contribution in [0.3, 0.4) is 0 Å². The maximum Gasteiger partial charge on any atom is 0.325 e. The lowest BCUT2D eigenvalue weighted by molar-refractivity contribution is -0.143. The molecule has 1 saturated heterocycles. The number of nitrogens with zero attached hydrogens (tertiary/aromatic N) is 1. The topological polar surface area (TPSA) is 66.6 Å². The van der Waals surface area contributed by atoms with Crippen LogP contribution in [-0.4, -0.2) is 29.7 Å². The van der Waals surface area contributed by atoms with E-state index < -0.39 is 11.5 Å². The average Bonchev–Trinajstić information content (AvgIpc) is 2.29. The number of carboxylic acid groups (broad SMARTS) is 1. The highest BCUT2D eigenvalue weighted by Crippen LogP contribution is 2.26. The highest BCUT2D eigenvalue weighted by Gasteiger charge is 2.38. The van der Waals surface area contributed by atoms with E-state index in [0.29, 0.717) is 18.0 Å². The van der Waals surface area contributed by atoms with E-state index >= 15 is 0 Å². The lowest BCUT2D eigenvalue weighted by Gasteiger charge is -2.38. The van der Waals surface area contributed by atoms with Gasteiger partial charge in [0, 0.05) is 23.8 Å². The minimum Gasteiger partial charge on any atom is -0.480 e. The number of hydrogen-bond acceptors (Lipinski definition) is 3. The van der Waals surface area contributed by atoms with Gasteiger partial charge in [-0.25, -0.2) is 0 Å². The van der Waals surface area contributed by atoms with E-state index in [0.717, 1.165) is 18.7 Å². The van der Waals surface area contributed by atoms with Crippen molar-refractivity contribution in [3.05, 3.63) is 29.3 Å². The first-order chi connectivity index (χ1) is 8.01. The molecule has 17 heavy (non-hydrogen) atoms. The number of carbonyl (C=O) groups is 1. The molecule has 0 aromatic heterocycles. The summed E-state index contributed by atoms with van der Waals surface area (Å²) in [6.45, 7) is 1.13. The molecule has 0 saturated carbocycles. The minimum absolute atomic E-state index is 0.322. The summed E-state index contributed by atoms with van der Waals surface area (Å²) in [5, 5.41) is 9.78. The van der Waals surface area contributed by atoms with Crippen molar-refractivity contribution in [2.45, 2.75) is 18.4 Å². The van der Waals surface area contributed by atoms with Crippen molar-refractivity contribution in [2.75, 3.05) is 18.0 Å². The van der Waals surface area contributed by atoms with Crippen LogP contribution in [0.1, 0.15) is 12.8 Å². The lowest BCUT2D eigenvalue weighted by atomic mass is 9.90. The first-order valence-corrected chi connectivity index (χ1v) is 5.92. The summed E-state index contributed by atoms with van der Waals surface area (Å²) in [5.74, 6) is -0.941. The fourth-order valence-electron chi connectivity index (χ4n) is 2.15. The third kappa shape index (κ3) is 2.53. The molecule has 4 nitrogen and oxygen atoms in total. The van der Waals surface area contributed by atoms with Crippen LogP contribution >= 0.6 is 11.6 Å². The summed E-state index contributed by atoms with van der Waals surface area (Å²) in [7, 11) is 0. The Balaban J connectivity index is 2.20. The molecule has 5 heteroatoms. The Morgan fingerprint density at radius 2 is 2.29 bits per heavy atom. The fraction of sp³-hybridized carbons (Fsp3) is 0.417. The predicted octanol–water partition coefficient (Wildman–Crippen LogP) is 1.72. The molecular weight excluding hydrogens is 240 g/mol. The number of hydrogen-bond donors (Lipinski definition) is 2. The molecule has 1 aliphatic heterocycles. The number of nitrogens with two attached hydrogens (primary N) is 1. The van der Waals surface area contributed by atoms with Crippen LogP contribution in [0.2, 0.25) is 5.02 Å². The van der Waals surface area contributed by atoms with Gasteiger partial charge >= 0.3 is 5.97 Å². The molecule has 3 N–H and O–H groups in total. The van der Waals surface area contributed by atoms with Gasteiger partial charge in [0.2, 0.25) is 0 Å². The maximum atomic E-state index is 11.1. The quantitative estimate of drug-likeness (QED) is 0.843. The average molecular weight is 255 g/mol. The van der Waals surface area contributed by atoms with Gasteiger partial charge in [-0.2, -0.15) is 0 Å². The minimum atomic E-state index is -1.15. The lowest BCUT2D eigenvalue weighted by Crippen LogP contribution is -2.59. The third-order valence-electron chi connectivity index (χ3n) is 3.12. The molecule has 0 amide bonds. The molecular formula is C12H15ClN2O2. The zero-order valence-corrected chi connectivity index (χ0v) is 10.2. The monoisotopic (exact) mass is 254 g/mol. The molecule has 2 rings (SSSR count). The molecule has 0 spiro atoms. The molecule has 92 valence electrons. The van der Waals surface area contributed by atoms with Gasteiger partial charge in [-0.15, -0.1) is 0 Å². The van der Waals surface area contributed by atoms with Crippen LogP contribution in [0.15, 0.2) is 24.3 Å².